The molecular formula is C43H60FNO2. The predicted molar refractivity (Wildman–Crippen MR) is 202 cm³/mol. The van der Waals surface area contributed by atoms with Gasteiger partial charge in [-0.15, -0.1) is 6.42 Å². The van der Waals surface area contributed by atoms with E-state index in [9.17, 15) is 14.0 Å². The van der Waals surface area contributed by atoms with Crippen molar-refractivity contribution in [1.29, 1.82) is 0 Å². The van der Waals surface area contributed by atoms with E-state index in [0.717, 1.165) is 78.1 Å². The summed E-state index contributed by atoms with van der Waals surface area (Å²) in [7, 11) is 0. The summed E-state index contributed by atoms with van der Waals surface area (Å²) in [6, 6.07) is 16.5. The number of Topliss-reactive ketones (excluding diaryl/α,β-unsaturated/α-hetero) is 1. The van der Waals surface area contributed by atoms with Gasteiger partial charge in [0.15, 0.2) is 5.78 Å². The van der Waals surface area contributed by atoms with Crippen molar-refractivity contribution >= 4 is 12.1 Å². The summed E-state index contributed by atoms with van der Waals surface area (Å²) in [5.41, 5.74) is 5.58. The Morgan fingerprint density at radius 3 is 1.96 bits per heavy atom. The number of terminal acetylenes is 1. The maximum Gasteiger partial charge on any atom is 0.162 e. The molecule has 3 rings (SSSR count). The van der Waals surface area contributed by atoms with E-state index in [0.29, 0.717) is 6.42 Å². The van der Waals surface area contributed by atoms with Crippen LogP contribution in [0.4, 0.5) is 4.39 Å². The van der Waals surface area contributed by atoms with Crippen LogP contribution >= 0.6 is 0 Å². The molecule has 1 aromatic heterocycles. The van der Waals surface area contributed by atoms with Crippen molar-refractivity contribution in [2.75, 3.05) is 0 Å². The topological polar surface area (TPSA) is 39.1 Å². The molecular weight excluding hydrogens is 581 g/mol. The molecule has 0 saturated carbocycles. The number of hydrogen-bond acceptors (Lipinski definition) is 2. The third-order valence-electron chi connectivity index (χ3n) is 7.73. The summed E-state index contributed by atoms with van der Waals surface area (Å²) < 4.78 is 16.0. The lowest BCUT2D eigenvalue weighted by atomic mass is 9.93. The Labute approximate surface area is 286 Å². The predicted octanol–water partition coefficient (Wildman–Crippen LogP) is 12.7. The van der Waals surface area contributed by atoms with Crippen LogP contribution in [0, 0.1) is 24.1 Å². The van der Waals surface area contributed by atoms with Crippen LogP contribution in [0.2, 0.25) is 0 Å². The first-order valence-corrected chi connectivity index (χ1v) is 17.4. The largest absolute Gasteiger partial charge is 0.343 e. The lowest BCUT2D eigenvalue weighted by Gasteiger charge is -2.17. The molecule has 0 fully saturated rings. The van der Waals surface area contributed by atoms with E-state index in [1.807, 2.05) is 69.3 Å². The van der Waals surface area contributed by atoms with Crippen molar-refractivity contribution in [1.82, 2.24) is 4.57 Å². The Balaban J connectivity index is 0.00000118. The molecule has 0 N–H and O–H groups in total. The second-order valence-corrected chi connectivity index (χ2v) is 11.6. The number of carbonyl (C=O) groups excluding carboxylic acids is 2. The molecule has 47 heavy (non-hydrogen) atoms. The van der Waals surface area contributed by atoms with Gasteiger partial charge in [0.25, 0.3) is 0 Å². The fourth-order valence-electron chi connectivity index (χ4n) is 4.98. The number of unbranched alkanes of at least 4 members (excludes halogenated alkanes) is 4. The standard InChI is InChI=1S/C28H32FNO2.C7H8.C6H14.C2H6/c1-20(2)27-25(21(3)32)26(22-12-8-7-9-13-22)28(23-14-16-24(29)17-15-23)30(27)18-10-5-4-6-11-19-31;1-3-5-7-6-4-2;1-4-6(3)5-2;1-2/h7-9,12-17,19-20H,4-6,10-11,18H2,1-3H3;1,4-7H,2H3;6H,4-5H2,1-3H3;1-2H3/b;6-4-,7-5-;;. The molecule has 4 heteroatoms. The SMILES string of the molecule is C#C/C=C\C=C/C.CC.CC(=O)c1c(-c2ccccc2)c(-c2ccc(F)cc2)n(CCCCCCC=O)c1C(C)C.CCC(C)CC. The van der Waals surface area contributed by atoms with Crippen LogP contribution in [0.3, 0.4) is 0 Å². The molecule has 0 aliphatic rings. The van der Waals surface area contributed by atoms with E-state index in [2.05, 4.69) is 45.1 Å². The first kappa shape index (κ1) is 43.0. The third-order valence-corrected chi connectivity index (χ3v) is 7.73. The summed E-state index contributed by atoms with van der Waals surface area (Å²) >= 11 is 0. The van der Waals surface area contributed by atoms with Crippen LogP contribution in [-0.2, 0) is 11.3 Å². The zero-order chi connectivity index (χ0) is 35.6. The molecule has 0 aliphatic carbocycles. The highest BCUT2D eigenvalue weighted by atomic mass is 19.1. The number of nitrogens with zero attached hydrogens (tertiary/aromatic N) is 1. The fourth-order valence-corrected chi connectivity index (χ4v) is 4.98. The Morgan fingerprint density at radius 1 is 0.894 bits per heavy atom. The molecule has 0 spiro atoms. The Bertz CT molecular complexity index is 1370. The highest BCUT2D eigenvalue weighted by Gasteiger charge is 2.28. The molecule has 0 saturated heterocycles. The number of hydrogen-bond donors (Lipinski definition) is 0. The smallest absolute Gasteiger partial charge is 0.162 e. The molecule has 0 amide bonds. The summed E-state index contributed by atoms with van der Waals surface area (Å²) in [6.07, 6.45) is 20.3. The minimum absolute atomic E-state index is 0.0423. The lowest BCUT2D eigenvalue weighted by molar-refractivity contribution is -0.107. The number of halogens is 1. The van der Waals surface area contributed by atoms with Gasteiger partial charge in [0.1, 0.15) is 12.1 Å². The van der Waals surface area contributed by atoms with E-state index in [1.54, 1.807) is 25.1 Å². The van der Waals surface area contributed by atoms with Gasteiger partial charge >= 0.3 is 0 Å². The van der Waals surface area contributed by atoms with Crippen molar-refractivity contribution in [2.45, 2.75) is 120 Å². The number of carbonyl (C=O) groups is 2. The number of aromatic nitrogens is 1. The maximum atomic E-state index is 13.7. The van der Waals surface area contributed by atoms with Crippen LogP contribution in [0.25, 0.3) is 22.4 Å². The molecule has 0 unspecified atom stereocenters. The second kappa shape index (κ2) is 26.1. The van der Waals surface area contributed by atoms with E-state index in [1.165, 1.54) is 25.0 Å². The number of aldehydes is 1. The molecule has 0 aliphatic heterocycles. The Morgan fingerprint density at radius 2 is 1.49 bits per heavy atom. The van der Waals surface area contributed by atoms with Crippen molar-refractivity contribution in [3.05, 3.63) is 96.0 Å². The van der Waals surface area contributed by atoms with Gasteiger partial charge in [0.05, 0.1) is 5.69 Å². The van der Waals surface area contributed by atoms with E-state index in [4.69, 9.17) is 6.42 Å². The molecule has 0 atom stereocenters. The summed E-state index contributed by atoms with van der Waals surface area (Å²) in [5, 5.41) is 0. The quantitative estimate of drug-likeness (QED) is 0.0577. The fraction of sp³-hybridized carbons (Fsp3) is 0.442. The zero-order valence-electron chi connectivity index (χ0n) is 30.6. The van der Waals surface area contributed by atoms with E-state index in [-0.39, 0.29) is 17.5 Å². The first-order chi connectivity index (χ1) is 22.7. The second-order valence-electron chi connectivity index (χ2n) is 11.6. The summed E-state index contributed by atoms with van der Waals surface area (Å²) in [6.45, 7) is 19.3. The molecule has 1 heterocycles. The normalized spacial score (nSPS) is 10.5. The molecule has 2 aromatic carbocycles. The first-order valence-electron chi connectivity index (χ1n) is 17.4. The van der Waals surface area contributed by atoms with E-state index < -0.39 is 0 Å². The van der Waals surface area contributed by atoms with Crippen LogP contribution in [0.1, 0.15) is 129 Å². The number of benzene rings is 2. The summed E-state index contributed by atoms with van der Waals surface area (Å²) in [5.74, 6) is 3.22. The monoisotopic (exact) mass is 641 g/mol. The van der Waals surface area contributed by atoms with Gasteiger partial charge in [-0.25, -0.2) is 4.39 Å². The van der Waals surface area contributed by atoms with Gasteiger partial charge < -0.3 is 9.36 Å². The van der Waals surface area contributed by atoms with E-state index >= 15 is 0 Å². The highest BCUT2D eigenvalue weighted by Crippen LogP contribution is 2.42. The maximum absolute atomic E-state index is 13.7. The minimum atomic E-state index is -0.279. The average Bonchev–Trinajstić information content (AvgIpc) is 3.44. The molecule has 0 radical (unpaired) electrons. The van der Waals surface area contributed by atoms with Gasteiger partial charge in [-0.2, -0.15) is 0 Å². The molecule has 256 valence electrons. The third kappa shape index (κ3) is 15.4. The van der Waals surface area contributed by atoms with Gasteiger partial charge in [-0.3, -0.25) is 4.79 Å². The summed E-state index contributed by atoms with van der Waals surface area (Å²) in [4.78, 5) is 23.5. The van der Waals surface area contributed by atoms with Gasteiger partial charge in [0, 0.05) is 29.8 Å². The number of ketones is 1. The van der Waals surface area contributed by atoms with Gasteiger partial charge in [-0.05, 0) is 80.0 Å². The van der Waals surface area contributed by atoms with Crippen LogP contribution in [0.15, 0.2) is 78.9 Å². The van der Waals surface area contributed by atoms with Crippen molar-refractivity contribution < 1.29 is 14.0 Å². The molecule has 3 nitrogen and oxygen atoms in total. The Hall–Kier alpha value is -3.97. The van der Waals surface area contributed by atoms with Crippen LogP contribution in [0.5, 0.6) is 0 Å². The minimum Gasteiger partial charge on any atom is -0.343 e. The number of allylic oxidation sites excluding steroid dienone is 4. The average molecular weight is 642 g/mol. The van der Waals surface area contributed by atoms with Gasteiger partial charge in [0.2, 0.25) is 0 Å². The lowest BCUT2D eigenvalue weighted by Crippen LogP contribution is -2.09. The zero-order valence-corrected chi connectivity index (χ0v) is 30.6. The number of rotatable bonds is 14. The molecule has 0 bridgehead atoms. The van der Waals surface area contributed by atoms with Crippen molar-refractivity contribution in [2.24, 2.45) is 5.92 Å². The molecule has 3 aromatic rings. The highest BCUT2D eigenvalue weighted by molar-refractivity contribution is 6.06. The van der Waals surface area contributed by atoms with Crippen molar-refractivity contribution in [3.63, 3.8) is 0 Å². The van der Waals surface area contributed by atoms with Gasteiger partial charge in [-0.1, -0.05) is 129 Å². The van der Waals surface area contributed by atoms with Crippen molar-refractivity contribution in [3.8, 4) is 34.7 Å². The van der Waals surface area contributed by atoms with Crippen LogP contribution < -0.4 is 0 Å². The van der Waals surface area contributed by atoms with Crippen LogP contribution in [-0.4, -0.2) is 16.6 Å². The Kier molecular flexibility index (Phi) is 23.9.